The van der Waals surface area contributed by atoms with E-state index in [1.54, 1.807) is 6.20 Å². The molecule has 1 aromatic rings. The lowest BCUT2D eigenvalue weighted by molar-refractivity contribution is 0.221. The number of nitrogens with two attached hydrogens (primary N) is 1. The summed E-state index contributed by atoms with van der Waals surface area (Å²) >= 11 is 0. The molecule has 1 rings (SSSR count). The van der Waals surface area contributed by atoms with E-state index in [0.29, 0.717) is 6.42 Å². The van der Waals surface area contributed by atoms with Gasteiger partial charge in [0.05, 0.1) is 6.54 Å². The van der Waals surface area contributed by atoms with Gasteiger partial charge in [-0.15, -0.1) is 6.42 Å². The average molecular weight is 259 g/mol. The van der Waals surface area contributed by atoms with Crippen molar-refractivity contribution in [2.75, 3.05) is 13.1 Å². The van der Waals surface area contributed by atoms with Gasteiger partial charge >= 0.3 is 6.03 Å². The van der Waals surface area contributed by atoms with Crippen molar-refractivity contribution >= 4 is 12.0 Å². The van der Waals surface area contributed by atoms with Gasteiger partial charge in [0, 0.05) is 24.9 Å². The first-order valence-corrected chi connectivity index (χ1v) is 5.79. The van der Waals surface area contributed by atoms with Crippen molar-refractivity contribution in [3.05, 3.63) is 29.6 Å². The number of carbonyl (C=O) groups is 1. The Morgan fingerprint density at radius 1 is 1.68 bits per heavy atom. The van der Waals surface area contributed by atoms with Crippen LogP contribution in [0.15, 0.2) is 18.3 Å². The first-order valence-electron chi connectivity index (χ1n) is 5.79. The number of hydrogen-bond donors (Lipinski definition) is 3. The third-order valence-electron chi connectivity index (χ3n) is 2.57. The molecule has 0 spiro atoms. The number of guanidine groups is 1. The average Bonchev–Trinajstić information content (AvgIpc) is 2.38. The monoisotopic (exact) mass is 259 g/mol. The number of terminal acetylenes is 1. The quantitative estimate of drug-likeness (QED) is 0.417. The molecule has 0 bridgehead atoms. The van der Waals surface area contributed by atoms with Crippen LogP contribution in [0.25, 0.3) is 0 Å². The second kappa shape index (κ2) is 7.01. The summed E-state index contributed by atoms with van der Waals surface area (Å²) in [5.74, 6) is 1.98. The Balaban J connectivity index is 2.65. The molecule has 0 unspecified atom stereocenters. The number of urea groups is 1. The highest BCUT2D eigenvalue weighted by Crippen LogP contribution is 2.05. The summed E-state index contributed by atoms with van der Waals surface area (Å²) in [6, 6.07) is 3.32. The number of amides is 2. The zero-order chi connectivity index (χ0) is 14.3. The zero-order valence-electron chi connectivity index (χ0n) is 10.8. The second-order valence-corrected chi connectivity index (χ2v) is 3.92. The molecule has 0 aliphatic carbocycles. The minimum Gasteiger partial charge on any atom is -0.370 e. The molecule has 0 saturated carbocycles. The van der Waals surface area contributed by atoms with E-state index in [9.17, 15) is 4.79 Å². The van der Waals surface area contributed by atoms with Crippen LogP contribution in [0.3, 0.4) is 0 Å². The van der Waals surface area contributed by atoms with Crippen LogP contribution in [0.1, 0.15) is 11.3 Å². The smallest absolute Gasteiger partial charge is 0.324 e. The number of hydrogen-bond acceptors (Lipinski definition) is 3. The molecular weight excluding hydrogens is 242 g/mol. The van der Waals surface area contributed by atoms with Crippen molar-refractivity contribution < 1.29 is 4.79 Å². The lowest BCUT2D eigenvalue weighted by atomic mass is 10.1. The number of carbonyl (C=O) groups excluding carboxylic acids is 1. The van der Waals surface area contributed by atoms with Crippen molar-refractivity contribution in [3.8, 4) is 12.3 Å². The van der Waals surface area contributed by atoms with Crippen LogP contribution in [-0.4, -0.2) is 35.0 Å². The molecule has 0 fully saturated rings. The van der Waals surface area contributed by atoms with E-state index >= 15 is 0 Å². The van der Waals surface area contributed by atoms with Crippen LogP contribution in [-0.2, 0) is 6.42 Å². The van der Waals surface area contributed by atoms with Gasteiger partial charge in [-0.1, -0.05) is 12.0 Å². The van der Waals surface area contributed by atoms with Crippen molar-refractivity contribution in [3.63, 3.8) is 0 Å². The zero-order valence-corrected chi connectivity index (χ0v) is 10.8. The van der Waals surface area contributed by atoms with Crippen LogP contribution in [0.4, 0.5) is 4.79 Å². The highest BCUT2D eigenvalue weighted by atomic mass is 16.2. The molecular formula is C13H17N5O. The fourth-order valence-electron chi connectivity index (χ4n) is 1.55. The maximum atomic E-state index is 11.7. The highest BCUT2D eigenvalue weighted by Gasteiger charge is 2.16. The Morgan fingerprint density at radius 2 is 2.42 bits per heavy atom. The van der Waals surface area contributed by atoms with Crippen molar-refractivity contribution in [1.82, 2.24) is 15.2 Å². The third-order valence-corrected chi connectivity index (χ3v) is 2.57. The van der Waals surface area contributed by atoms with Gasteiger partial charge in [0.2, 0.25) is 0 Å². The molecule has 1 heterocycles. The van der Waals surface area contributed by atoms with Gasteiger partial charge in [0.25, 0.3) is 0 Å². The van der Waals surface area contributed by atoms with E-state index in [1.165, 1.54) is 0 Å². The van der Waals surface area contributed by atoms with Crippen LogP contribution < -0.4 is 11.1 Å². The van der Waals surface area contributed by atoms with Gasteiger partial charge in [-0.25, -0.2) is 4.79 Å². The summed E-state index contributed by atoms with van der Waals surface area (Å²) in [6.07, 6.45) is 7.28. The number of nitrogens with one attached hydrogen (secondary N) is 2. The number of rotatable bonds is 4. The molecule has 2 amide bonds. The normalized spacial score (nSPS) is 9.47. The molecule has 0 radical (unpaired) electrons. The summed E-state index contributed by atoms with van der Waals surface area (Å²) in [7, 11) is 0. The summed E-state index contributed by atoms with van der Waals surface area (Å²) < 4.78 is 0. The molecule has 6 heteroatoms. The van der Waals surface area contributed by atoms with E-state index in [1.807, 2.05) is 19.1 Å². The van der Waals surface area contributed by atoms with E-state index in [0.717, 1.165) is 16.2 Å². The molecule has 4 N–H and O–H groups in total. The standard InChI is InChI=1S/C13H17N5O/c1-3-7-17-13(19)18(12(14)15)9-6-11-10(2)5-4-8-16-11/h1,4-5,8H,6-7,9H2,2H3,(H3,14,15)(H,17,19). The minimum atomic E-state index is -0.473. The number of aryl methyl sites for hydroxylation is 1. The largest absolute Gasteiger partial charge is 0.370 e. The van der Waals surface area contributed by atoms with Gasteiger partial charge in [0.1, 0.15) is 0 Å². The van der Waals surface area contributed by atoms with Gasteiger partial charge in [-0.05, 0) is 18.6 Å². The second-order valence-electron chi connectivity index (χ2n) is 3.92. The first kappa shape index (κ1) is 14.5. The number of aromatic nitrogens is 1. The molecule has 0 saturated heterocycles. The Bertz CT molecular complexity index is 506. The molecule has 1 aromatic heterocycles. The van der Waals surface area contributed by atoms with Gasteiger partial charge in [-0.3, -0.25) is 15.3 Å². The van der Waals surface area contributed by atoms with Crippen LogP contribution in [0.2, 0.25) is 0 Å². The number of pyridine rings is 1. The van der Waals surface area contributed by atoms with Crippen LogP contribution in [0, 0.1) is 24.7 Å². The topological polar surface area (TPSA) is 95.1 Å². The lowest BCUT2D eigenvalue weighted by Gasteiger charge is -2.20. The molecule has 100 valence electrons. The Hall–Kier alpha value is -2.55. The minimum absolute atomic E-state index is 0.102. The highest BCUT2D eigenvalue weighted by molar-refractivity contribution is 5.93. The Labute approximate surface area is 112 Å². The fraction of sp³-hybridized carbons (Fsp3) is 0.308. The van der Waals surface area contributed by atoms with E-state index in [-0.39, 0.29) is 19.0 Å². The summed E-state index contributed by atoms with van der Waals surface area (Å²) in [6.45, 7) is 2.33. The predicted molar refractivity (Wildman–Crippen MR) is 73.5 cm³/mol. The van der Waals surface area contributed by atoms with Crippen molar-refractivity contribution in [2.45, 2.75) is 13.3 Å². The van der Waals surface area contributed by atoms with Crippen molar-refractivity contribution in [2.24, 2.45) is 5.73 Å². The van der Waals surface area contributed by atoms with Gasteiger partial charge < -0.3 is 11.1 Å². The SMILES string of the molecule is C#CCNC(=O)N(CCc1ncccc1C)C(=N)N. The van der Waals surface area contributed by atoms with Crippen molar-refractivity contribution in [1.29, 1.82) is 5.41 Å². The summed E-state index contributed by atoms with van der Waals surface area (Å²) in [5.41, 5.74) is 7.30. The van der Waals surface area contributed by atoms with Crippen LogP contribution >= 0.6 is 0 Å². The van der Waals surface area contributed by atoms with E-state index < -0.39 is 6.03 Å². The summed E-state index contributed by atoms with van der Waals surface area (Å²) in [4.78, 5) is 17.1. The molecule has 19 heavy (non-hydrogen) atoms. The maximum Gasteiger partial charge on any atom is 0.324 e. The number of nitrogens with zero attached hydrogens (tertiary/aromatic N) is 2. The predicted octanol–water partition coefficient (Wildman–Crippen LogP) is 0.471. The molecule has 0 aromatic carbocycles. The third kappa shape index (κ3) is 4.32. The van der Waals surface area contributed by atoms with Crippen LogP contribution in [0.5, 0.6) is 0 Å². The maximum absolute atomic E-state index is 11.7. The fourth-order valence-corrected chi connectivity index (χ4v) is 1.55. The van der Waals surface area contributed by atoms with E-state index in [2.05, 4.69) is 16.2 Å². The Morgan fingerprint density at radius 3 is 3.00 bits per heavy atom. The molecule has 0 atom stereocenters. The van der Waals surface area contributed by atoms with E-state index in [4.69, 9.17) is 17.6 Å². The lowest BCUT2D eigenvalue weighted by Crippen LogP contribution is -2.47. The molecule has 0 aliphatic heterocycles. The molecule has 6 nitrogen and oxygen atoms in total. The van der Waals surface area contributed by atoms with Gasteiger partial charge in [0.15, 0.2) is 5.96 Å². The summed E-state index contributed by atoms with van der Waals surface area (Å²) in [5, 5.41) is 9.88. The first-order chi connectivity index (χ1) is 9.06. The Kier molecular flexibility index (Phi) is 5.35. The molecule has 0 aliphatic rings. The van der Waals surface area contributed by atoms with Gasteiger partial charge in [-0.2, -0.15) is 0 Å².